The van der Waals surface area contributed by atoms with Crippen LogP contribution in [-0.4, -0.2) is 80.3 Å². The van der Waals surface area contributed by atoms with Crippen molar-refractivity contribution in [3.63, 3.8) is 0 Å². The lowest BCUT2D eigenvalue weighted by atomic mass is 9.88. The molecule has 1 rings (SSSR count). The first-order valence-corrected chi connectivity index (χ1v) is 6.16. The van der Waals surface area contributed by atoms with Crippen molar-refractivity contribution in [1.29, 1.82) is 0 Å². The lowest BCUT2D eigenvalue weighted by Gasteiger charge is -2.46. The molecule has 1 aliphatic rings. The van der Waals surface area contributed by atoms with Crippen LogP contribution in [0.15, 0.2) is 0 Å². The molecule has 0 unspecified atom stereocenters. The summed E-state index contributed by atoms with van der Waals surface area (Å²) in [6.45, 7) is 0.228. The lowest BCUT2D eigenvalue weighted by molar-refractivity contribution is -0.374. The molecule has 0 spiro atoms. The zero-order valence-corrected chi connectivity index (χ0v) is 11.2. The lowest BCUT2D eigenvalue weighted by Crippen LogP contribution is -2.68. The van der Waals surface area contributed by atoms with Crippen LogP contribution < -0.4 is 10.4 Å². The molecule has 6 N–H and O–H groups in total. The Balaban J connectivity index is 3.07. The van der Waals surface area contributed by atoms with E-state index in [0.717, 1.165) is 6.92 Å². The van der Waals surface area contributed by atoms with Crippen LogP contribution in [0.25, 0.3) is 0 Å². The van der Waals surface area contributed by atoms with E-state index < -0.39 is 61.1 Å². The summed E-state index contributed by atoms with van der Waals surface area (Å²) < 4.78 is 4.80. The summed E-state index contributed by atoms with van der Waals surface area (Å²) in [6.07, 6.45) is -7.67. The molecule has 1 fully saturated rings. The Labute approximate surface area is 119 Å². The van der Waals surface area contributed by atoms with Gasteiger partial charge in [0.05, 0.1) is 18.8 Å². The van der Waals surface area contributed by atoms with Gasteiger partial charge in [0.15, 0.2) is 0 Å². The average molecular weight is 308 g/mol. The molecule has 0 aliphatic carbocycles. The average Bonchev–Trinajstić information content (AvgIpc) is 2.39. The molecule has 1 amide bonds. The number of amides is 1. The third-order valence-corrected chi connectivity index (χ3v) is 3.19. The first-order chi connectivity index (χ1) is 9.62. The fraction of sp³-hybridized carbons (Fsp3) is 0.818. The normalized spacial score (nSPS) is 35.8. The summed E-state index contributed by atoms with van der Waals surface area (Å²) in [4.78, 5) is 22.0. The predicted octanol–water partition coefficient (Wildman–Crippen LogP) is -5.21. The van der Waals surface area contributed by atoms with Gasteiger partial charge in [0.25, 0.3) is 0 Å². The third-order valence-electron chi connectivity index (χ3n) is 3.19. The van der Waals surface area contributed by atoms with Crippen molar-refractivity contribution in [3.8, 4) is 0 Å². The van der Waals surface area contributed by atoms with Crippen LogP contribution in [0.1, 0.15) is 13.3 Å². The Bertz CT molecular complexity index is 403. The topological polar surface area (TPSA) is 180 Å². The number of aliphatic carboxylic acids is 1. The molecule has 0 bridgehead atoms. The van der Waals surface area contributed by atoms with Gasteiger partial charge in [0.1, 0.15) is 24.3 Å². The smallest absolute Gasteiger partial charge is 0.217 e. The standard InChI is InChI=1S/C11H19NO9/c1-4(14)12-7-5(15)2-11(20,10(18)19)21-9(7)8(17)6(16)3-13/h5-9,13,15-17,20H,2-3H2,1H3,(H,12,14)(H,18,19)/p-1/t5-,6+,7+,8-,9+,11-/m0/s1. The molecule has 1 aliphatic heterocycles. The molecule has 10 nitrogen and oxygen atoms in total. The van der Waals surface area contributed by atoms with E-state index in [-0.39, 0.29) is 0 Å². The summed E-state index contributed by atoms with van der Waals surface area (Å²) in [5.74, 6) is -5.55. The minimum absolute atomic E-state index is 0.614. The van der Waals surface area contributed by atoms with Crippen molar-refractivity contribution in [3.05, 3.63) is 0 Å². The van der Waals surface area contributed by atoms with E-state index in [2.05, 4.69) is 5.32 Å². The number of aliphatic hydroxyl groups is 5. The highest BCUT2D eigenvalue weighted by atomic mass is 16.7. The molecule has 0 aromatic heterocycles. The number of carboxylic acids is 1. The Morgan fingerprint density at radius 1 is 1.48 bits per heavy atom. The van der Waals surface area contributed by atoms with E-state index in [1.807, 2.05) is 0 Å². The van der Waals surface area contributed by atoms with Crippen molar-refractivity contribution >= 4 is 11.9 Å². The van der Waals surface area contributed by atoms with E-state index in [0.29, 0.717) is 0 Å². The summed E-state index contributed by atoms with van der Waals surface area (Å²) in [7, 11) is 0. The van der Waals surface area contributed by atoms with Gasteiger partial charge in [-0.25, -0.2) is 0 Å². The quantitative estimate of drug-likeness (QED) is 0.289. The number of ether oxygens (including phenoxy) is 1. The molecule has 1 heterocycles. The van der Waals surface area contributed by atoms with Gasteiger partial charge in [-0.1, -0.05) is 0 Å². The molecule has 0 saturated carbocycles. The molecule has 10 heteroatoms. The first kappa shape index (κ1) is 17.8. The fourth-order valence-electron chi connectivity index (χ4n) is 2.13. The third kappa shape index (κ3) is 3.87. The maximum Gasteiger partial charge on any atom is 0.217 e. The van der Waals surface area contributed by atoms with Crippen molar-refractivity contribution in [2.24, 2.45) is 0 Å². The molecule has 6 atom stereocenters. The van der Waals surface area contributed by atoms with Gasteiger partial charge in [0, 0.05) is 13.3 Å². The van der Waals surface area contributed by atoms with Crippen LogP contribution in [0.4, 0.5) is 0 Å². The van der Waals surface area contributed by atoms with Gasteiger partial charge in [-0.2, -0.15) is 0 Å². The Morgan fingerprint density at radius 3 is 2.48 bits per heavy atom. The molecule has 0 radical (unpaired) electrons. The van der Waals surface area contributed by atoms with Gasteiger partial charge in [0.2, 0.25) is 11.7 Å². The maximum absolute atomic E-state index is 11.1. The molecule has 1 saturated heterocycles. The van der Waals surface area contributed by atoms with E-state index in [9.17, 15) is 35.1 Å². The second kappa shape index (κ2) is 6.64. The van der Waals surface area contributed by atoms with Crippen LogP contribution in [0.3, 0.4) is 0 Å². The monoisotopic (exact) mass is 308 g/mol. The van der Waals surface area contributed by atoms with Crippen molar-refractivity contribution in [2.75, 3.05) is 6.61 Å². The molecule has 122 valence electrons. The van der Waals surface area contributed by atoms with Crippen molar-refractivity contribution in [2.45, 2.75) is 49.6 Å². The van der Waals surface area contributed by atoms with Crippen molar-refractivity contribution < 1.29 is 45.0 Å². The second-order valence-electron chi connectivity index (χ2n) is 4.89. The number of nitrogens with one attached hydrogen (secondary N) is 1. The predicted molar refractivity (Wildman–Crippen MR) is 62.2 cm³/mol. The summed E-state index contributed by atoms with van der Waals surface area (Å²) in [5, 5.41) is 60.8. The molecule has 0 aromatic rings. The van der Waals surface area contributed by atoms with Gasteiger partial charge < -0.3 is 45.5 Å². The zero-order valence-electron chi connectivity index (χ0n) is 11.2. The molecule has 0 aromatic carbocycles. The van der Waals surface area contributed by atoms with Gasteiger partial charge >= 0.3 is 0 Å². The number of rotatable bonds is 5. The van der Waals surface area contributed by atoms with E-state index in [1.54, 1.807) is 0 Å². The van der Waals surface area contributed by atoms with E-state index in [4.69, 9.17) is 9.84 Å². The highest BCUT2D eigenvalue weighted by molar-refractivity contribution is 5.74. The zero-order chi connectivity index (χ0) is 16.4. The number of carbonyl (C=O) groups excluding carboxylic acids is 2. The number of hydrogen-bond donors (Lipinski definition) is 6. The van der Waals surface area contributed by atoms with Gasteiger partial charge in [-0.15, -0.1) is 0 Å². The minimum Gasteiger partial charge on any atom is -0.544 e. The fourth-order valence-corrected chi connectivity index (χ4v) is 2.13. The molecule has 21 heavy (non-hydrogen) atoms. The molecular formula is C11H18NO9-. The SMILES string of the molecule is CC(=O)N[C@H]1[C@H]([C@@H](O)[C@H](O)CO)O[C@](O)(C(=O)[O-])C[C@@H]1O. The van der Waals surface area contributed by atoms with Crippen LogP contribution in [0.2, 0.25) is 0 Å². The van der Waals surface area contributed by atoms with Crippen LogP contribution in [0.5, 0.6) is 0 Å². The highest BCUT2D eigenvalue weighted by Gasteiger charge is 2.50. The largest absolute Gasteiger partial charge is 0.544 e. The Hall–Kier alpha value is -1.30. The summed E-state index contributed by atoms with van der Waals surface area (Å²) in [5.41, 5.74) is 0. The highest BCUT2D eigenvalue weighted by Crippen LogP contribution is 2.29. The summed E-state index contributed by atoms with van der Waals surface area (Å²) >= 11 is 0. The Morgan fingerprint density at radius 2 is 2.05 bits per heavy atom. The van der Waals surface area contributed by atoms with Crippen LogP contribution in [-0.2, 0) is 14.3 Å². The van der Waals surface area contributed by atoms with Crippen molar-refractivity contribution in [1.82, 2.24) is 5.32 Å². The van der Waals surface area contributed by atoms with E-state index in [1.165, 1.54) is 0 Å². The Kier molecular flexibility index (Phi) is 5.61. The number of hydrogen-bond acceptors (Lipinski definition) is 9. The van der Waals surface area contributed by atoms with Gasteiger partial charge in [-0.3, -0.25) is 4.79 Å². The first-order valence-electron chi connectivity index (χ1n) is 6.16. The minimum atomic E-state index is -2.89. The number of aliphatic hydroxyl groups excluding tert-OH is 4. The second-order valence-corrected chi connectivity index (χ2v) is 4.89. The van der Waals surface area contributed by atoms with E-state index >= 15 is 0 Å². The summed E-state index contributed by atoms with van der Waals surface area (Å²) in [6, 6.07) is -1.29. The van der Waals surface area contributed by atoms with Crippen LogP contribution in [0, 0.1) is 0 Å². The number of carboxylic acid groups (broad SMARTS) is 1. The maximum atomic E-state index is 11.1. The number of carbonyl (C=O) groups is 2. The molecular weight excluding hydrogens is 290 g/mol. The van der Waals surface area contributed by atoms with Gasteiger partial charge in [-0.05, 0) is 0 Å². The van der Waals surface area contributed by atoms with Crippen LogP contribution >= 0.6 is 0 Å².